The highest BCUT2D eigenvalue weighted by Crippen LogP contribution is 2.35. The first-order valence-corrected chi connectivity index (χ1v) is 16.6. The van der Waals surface area contributed by atoms with Crippen molar-refractivity contribution in [3.63, 3.8) is 0 Å². The van der Waals surface area contributed by atoms with Crippen molar-refractivity contribution in [2.75, 3.05) is 7.11 Å². The average molecular weight is 673 g/mol. The smallest absolute Gasteiger partial charge is 0.271 e. The van der Waals surface area contributed by atoms with Gasteiger partial charge in [-0.2, -0.15) is 0 Å². The monoisotopic (exact) mass is 671 g/mol. The number of hydrogen-bond donors (Lipinski definition) is 1. The second kappa shape index (κ2) is 14.3. The summed E-state index contributed by atoms with van der Waals surface area (Å²) in [5.74, 6) is 1.53. The van der Waals surface area contributed by atoms with Crippen LogP contribution in [0.3, 0.4) is 0 Å². The maximum absolute atomic E-state index is 13.4. The fourth-order valence-electron chi connectivity index (χ4n) is 4.81. The number of halogens is 2. The normalized spacial score (nSPS) is 11.7. The number of amides is 1. The van der Waals surface area contributed by atoms with Crippen LogP contribution in [-0.4, -0.2) is 32.8 Å². The van der Waals surface area contributed by atoms with E-state index in [1.807, 2.05) is 77.4 Å². The molecule has 0 fully saturated rings. The molecule has 0 aliphatic rings. The zero-order valence-electron chi connectivity index (χ0n) is 24.1. The number of nitrogens with zero attached hydrogens (tertiary/aromatic N) is 4. The van der Waals surface area contributed by atoms with E-state index >= 15 is 0 Å². The molecule has 0 radical (unpaired) electrons. The second-order valence-corrected chi connectivity index (χ2v) is 12.7. The van der Waals surface area contributed by atoms with Crippen LogP contribution in [0, 0.1) is 0 Å². The van der Waals surface area contributed by atoms with Crippen LogP contribution in [0.15, 0.2) is 114 Å². The molecular formula is C34H27Cl2N5O2S2. The number of carbonyl (C=O) groups excluding carboxylic acids is 1. The van der Waals surface area contributed by atoms with E-state index in [-0.39, 0.29) is 11.9 Å². The maximum Gasteiger partial charge on any atom is 0.271 e. The first-order chi connectivity index (χ1) is 22.0. The Morgan fingerprint density at radius 1 is 0.956 bits per heavy atom. The van der Waals surface area contributed by atoms with Crippen molar-refractivity contribution in [3.05, 3.63) is 140 Å². The molecule has 0 aliphatic carbocycles. The Morgan fingerprint density at radius 2 is 1.73 bits per heavy atom. The van der Waals surface area contributed by atoms with E-state index in [1.54, 1.807) is 30.7 Å². The van der Waals surface area contributed by atoms with E-state index in [4.69, 9.17) is 27.9 Å². The number of carbonyl (C=O) groups is 1. The molecule has 1 N–H and O–H groups in total. The summed E-state index contributed by atoms with van der Waals surface area (Å²) >= 11 is 15.9. The molecule has 0 bridgehead atoms. The van der Waals surface area contributed by atoms with Crippen LogP contribution in [0.4, 0.5) is 0 Å². The van der Waals surface area contributed by atoms with Gasteiger partial charge in [0.15, 0.2) is 11.0 Å². The van der Waals surface area contributed by atoms with Gasteiger partial charge in [-0.15, -0.1) is 21.5 Å². The first kappa shape index (κ1) is 30.9. The van der Waals surface area contributed by atoms with Gasteiger partial charge >= 0.3 is 0 Å². The van der Waals surface area contributed by atoms with Gasteiger partial charge in [0.1, 0.15) is 16.5 Å². The Labute approximate surface area is 279 Å². The minimum absolute atomic E-state index is 0.198. The first-order valence-electron chi connectivity index (χ1n) is 14.0. The molecule has 45 heavy (non-hydrogen) atoms. The average Bonchev–Trinajstić information content (AvgIpc) is 3.73. The van der Waals surface area contributed by atoms with Crippen molar-refractivity contribution < 1.29 is 9.53 Å². The van der Waals surface area contributed by atoms with Crippen molar-refractivity contribution in [1.82, 2.24) is 25.1 Å². The Hall–Kier alpha value is -4.15. The molecule has 1 unspecified atom stereocenters. The number of rotatable bonds is 11. The minimum Gasteiger partial charge on any atom is -0.497 e. The van der Waals surface area contributed by atoms with Crippen LogP contribution < -0.4 is 10.1 Å². The number of ether oxygens (including phenoxy) is 1. The lowest BCUT2D eigenvalue weighted by Crippen LogP contribution is -2.30. The van der Waals surface area contributed by atoms with Gasteiger partial charge < -0.3 is 10.1 Å². The SMILES string of the molecule is COc1cccc(-c2nnc(SCc3nc(C(=O)NC(Cc4ccccc4)c4ccccc4)cs3)n2-c2cc(Cl)ccc2Cl)c1. The van der Waals surface area contributed by atoms with E-state index in [9.17, 15) is 4.79 Å². The van der Waals surface area contributed by atoms with E-state index < -0.39 is 0 Å². The molecule has 6 aromatic rings. The minimum atomic E-state index is -0.221. The van der Waals surface area contributed by atoms with Gasteiger partial charge in [0.2, 0.25) is 0 Å². The summed E-state index contributed by atoms with van der Waals surface area (Å²) in [5, 5.41) is 16.4. The van der Waals surface area contributed by atoms with Gasteiger partial charge in [0, 0.05) is 16.0 Å². The van der Waals surface area contributed by atoms with Crippen molar-refractivity contribution >= 4 is 52.2 Å². The van der Waals surface area contributed by atoms with Gasteiger partial charge in [-0.25, -0.2) is 4.98 Å². The molecule has 1 atom stereocenters. The molecule has 0 saturated carbocycles. The van der Waals surface area contributed by atoms with Crippen molar-refractivity contribution in [1.29, 1.82) is 0 Å². The number of benzene rings is 4. The predicted octanol–water partition coefficient (Wildman–Crippen LogP) is 8.71. The lowest BCUT2D eigenvalue weighted by atomic mass is 9.99. The zero-order valence-corrected chi connectivity index (χ0v) is 27.2. The maximum atomic E-state index is 13.4. The molecule has 0 spiro atoms. The summed E-state index contributed by atoms with van der Waals surface area (Å²) in [4.78, 5) is 18.1. The number of methoxy groups -OCH3 is 1. The summed E-state index contributed by atoms with van der Waals surface area (Å²) in [7, 11) is 1.62. The van der Waals surface area contributed by atoms with Gasteiger partial charge in [-0.3, -0.25) is 9.36 Å². The second-order valence-electron chi connectivity index (χ2n) is 10.0. The van der Waals surface area contributed by atoms with Crippen LogP contribution in [0.25, 0.3) is 17.1 Å². The number of thioether (sulfide) groups is 1. The van der Waals surface area contributed by atoms with Gasteiger partial charge in [0.05, 0.1) is 29.6 Å². The summed E-state index contributed by atoms with van der Waals surface area (Å²) in [5.41, 5.74) is 4.01. The van der Waals surface area contributed by atoms with E-state index in [2.05, 4.69) is 32.6 Å². The van der Waals surface area contributed by atoms with Gasteiger partial charge in [-0.05, 0) is 47.9 Å². The highest BCUT2D eigenvalue weighted by atomic mass is 35.5. The molecule has 0 saturated heterocycles. The number of aromatic nitrogens is 4. The Kier molecular flexibility index (Phi) is 9.81. The lowest BCUT2D eigenvalue weighted by molar-refractivity contribution is 0.0932. The quantitative estimate of drug-likeness (QED) is 0.139. The fraction of sp³-hybridized carbons (Fsp3) is 0.118. The molecule has 226 valence electrons. The van der Waals surface area contributed by atoms with E-state index in [0.717, 1.165) is 21.7 Å². The number of hydrogen-bond acceptors (Lipinski definition) is 7. The summed E-state index contributed by atoms with van der Waals surface area (Å²) in [6.45, 7) is 0. The molecule has 1 amide bonds. The van der Waals surface area contributed by atoms with E-state index in [0.29, 0.717) is 50.3 Å². The van der Waals surface area contributed by atoms with Crippen LogP contribution in [0.5, 0.6) is 5.75 Å². The molecule has 11 heteroatoms. The third kappa shape index (κ3) is 7.40. The highest BCUT2D eigenvalue weighted by Gasteiger charge is 2.21. The molecule has 4 aromatic carbocycles. The molecule has 7 nitrogen and oxygen atoms in total. The third-order valence-electron chi connectivity index (χ3n) is 7.01. The summed E-state index contributed by atoms with van der Waals surface area (Å²) < 4.78 is 7.31. The van der Waals surface area contributed by atoms with Gasteiger partial charge in [-0.1, -0.05) is 108 Å². The van der Waals surface area contributed by atoms with E-state index in [1.165, 1.54) is 23.1 Å². The molecule has 2 aromatic heterocycles. The molecule has 0 aliphatic heterocycles. The third-order valence-corrected chi connectivity index (χ3v) is 9.54. The Bertz CT molecular complexity index is 1910. The molecule has 2 heterocycles. The van der Waals surface area contributed by atoms with Crippen LogP contribution in [0.1, 0.15) is 32.7 Å². The zero-order chi connectivity index (χ0) is 31.2. The molecule has 6 rings (SSSR count). The fourth-order valence-corrected chi connectivity index (χ4v) is 6.92. The summed E-state index contributed by atoms with van der Waals surface area (Å²) in [6, 6.07) is 32.8. The van der Waals surface area contributed by atoms with Gasteiger partial charge in [0.25, 0.3) is 5.91 Å². The standard InChI is InChI=1S/C34H27Cl2N5O2S2/c1-43-26-14-8-13-24(18-26)32-39-40-34(41(32)30-19-25(35)15-16-27(30)36)45-21-31-37-29(20-44-31)33(42)38-28(23-11-6-3-7-12-23)17-22-9-4-2-5-10-22/h2-16,18-20,28H,17,21H2,1H3,(H,38,42). The summed E-state index contributed by atoms with van der Waals surface area (Å²) in [6.07, 6.45) is 0.667. The van der Waals surface area contributed by atoms with Crippen LogP contribution >= 0.6 is 46.3 Å². The van der Waals surface area contributed by atoms with Crippen LogP contribution in [-0.2, 0) is 12.2 Å². The lowest BCUT2D eigenvalue weighted by Gasteiger charge is -2.19. The largest absolute Gasteiger partial charge is 0.497 e. The van der Waals surface area contributed by atoms with Crippen molar-refractivity contribution in [2.24, 2.45) is 0 Å². The van der Waals surface area contributed by atoms with Crippen molar-refractivity contribution in [3.8, 4) is 22.8 Å². The highest BCUT2D eigenvalue weighted by molar-refractivity contribution is 7.98. The molecular weight excluding hydrogens is 645 g/mol. The number of thiazole rings is 1. The Balaban J connectivity index is 1.22. The van der Waals surface area contributed by atoms with Crippen LogP contribution in [0.2, 0.25) is 10.0 Å². The topological polar surface area (TPSA) is 81.9 Å². The van der Waals surface area contributed by atoms with Crippen molar-refractivity contribution in [2.45, 2.75) is 23.4 Å². The predicted molar refractivity (Wildman–Crippen MR) is 182 cm³/mol. The Morgan fingerprint density at radius 3 is 2.51 bits per heavy atom. The number of nitrogens with one attached hydrogen (secondary N) is 1.